The van der Waals surface area contributed by atoms with E-state index < -0.39 is 0 Å². The molecule has 0 atom stereocenters. The summed E-state index contributed by atoms with van der Waals surface area (Å²) in [6.07, 6.45) is 2.32. The van der Waals surface area contributed by atoms with Crippen LogP contribution in [0.25, 0.3) is 0 Å². The first kappa shape index (κ1) is 13.5. The molecule has 1 fully saturated rings. The highest BCUT2D eigenvalue weighted by Crippen LogP contribution is 2.38. The molecular weight excluding hydrogens is 298 g/mol. The lowest BCUT2D eigenvalue weighted by Gasteiger charge is -2.24. The van der Waals surface area contributed by atoms with E-state index in [1.165, 1.54) is 0 Å². The SMILES string of the molecule is COc1cc(OC2CCNCC2)cc(OC)c1Br. The molecule has 4 nitrogen and oxygen atoms in total. The van der Waals surface area contributed by atoms with E-state index >= 15 is 0 Å². The molecule has 1 N–H and O–H groups in total. The van der Waals surface area contributed by atoms with Crippen molar-refractivity contribution < 1.29 is 14.2 Å². The Morgan fingerprint density at radius 2 is 1.67 bits per heavy atom. The van der Waals surface area contributed by atoms with E-state index in [0.717, 1.165) is 47.7 Å². The maximum absolute atomic E-state index is 5.97. The highest BCUT2D eigenvalue weighted by atomic mass is 79.9. The molecule has 0 unspecified atom stereocenters. The van der Waals surface area contributed by atoms with Crippen LogP contribution in [0.1, 0.15) is 12.8 Å². The second kappa shape index (κ2) is 6.29. The standard InChI is InChI=1S/C13H18BrNO3/c1-16-11-7-10(8-12(17-2)13(11)14)18-9-3-5-15-6-4-9/h7-9,15H,3-6H2,1-2H3. The van der Waals surface area contributed by atoms with Gasteiger partial charge in [0.05, 0.1) is 14.2 Å². The zero-order valence-electron chi connectivity index (χ0n) is 10.7. The summed E-state index contributed by atoms with van der Waals surface area (Å²) in [7, 11) is 3.27. The third kappa shape index (κ3) is 3.09. The maximum atomic E-state index is 5.97. The van der Waals surface area contributed by atoms with Gasteiger partial charge in [0.1, 0.15) is 27.8 Å². The minimum absolute atomic E-state index is 0.266. The predicted octanol–water partition coefficient (Wildman–Crippen LogP) is 2.60. The summed E-state index contributed by atoms with van der Waals surface area (Å²) in [6.45, 7) is 2.02. The van der Waals surface area contributed by atoms with Gasteiger partial charge in [-0.2, -0.15) is 0 Å². The molecular formula is C13H18BrNO3. The average molecular weight is 316 g/mol. The Morgan fingerprint density at radius 1 is 1.11 bits per heavy atom. The molecule has 100 valence electrons. The van der Waals surface area contributed by atoms with Crippen LogP contribution in [0.3, 0.4) is 0 Å². The van der Waals surface area contributed by atoms with Crippen molar-refractivity contribution in [3.63, 3.8) is 0 Å². The topological polar surface area (TPSA) is 39.7 Å². The van der Waals surface area contributed by atoms with E-state index in [1.807, 2.05) is 12.1 Å². The average Bonchev–Trinajstić information content (AvgIpc) is 2.41. The van der Waals surface area contributed by atoms with E-state index in [9.17, 15) is 0 Å². The van der Waals surface area contributed by atoms with Crippen molar-refractivity contribution in [1.29, 1.82) is 0 Å². The molecule has 1 aliphatic heterocycles. The van der Waals surface area contributed by atoms with Gasteiger partial charge in [0.25, 0.3) is 0 Å². The number of methoxy groups -OCH3 is 2. The molecule has 0 spiro atoms. The Morgan fingerprint density at radius 3 is 2.17 bits per heavy atom. The van der Waals surface area contributed by atoms with E-state index in [-0.39, 0.29) is 6.10 Å². The van der Waals surface area contributed by atoms with Gasteiger partial charge in [-0.3, -0.25) is 0 Å². The van der Waals surface area contributed by atoms with Gasteiger partial charge in [0.2, 0.25) is 0 Å². The van der Waals surface area contributed by atoms with Crippen molar-refractivity contribution in [2.45, 2.75) is 18.9 Å². The first-order valence-electron chi connectivity index (χ1n) is 6.03. The van der Waals surface area contributed by atoms with E-state index in [0.29, 0.717) is 0 Å². The molecule has 1 aromatic carbocycles. The first-order chi connectivity index (χ1) is 8.74. The van der Waals surface area contributed by atoms with E-state index in [1.54, 1.807) is 14.2 Å². The van der Waals surface area contributed by atoms with Crippen LogP contribution < -0.4 is 19.5 Å². The Hall–Kier alpha value is -0.940. The zero-order chi connectivity index (χ0) is 13.0. The third-order valence-corrected chi connectivity index (χ3v) is 3.79. The van der Waals surface area contributed by atoms with Crippen molar-refractivity contribution in [2.75, 3.05) is 27.3 Å². The summed E-state index contributed by atoms with van der Waals surface area (Å²) in [6, 6.07) is 3.77. The predicted molar refractivity (Wildman–Crippen MR) is 73.8 cm³/mol. The summed E-state index contributed by atoms with van der Waals surface area (Å²) >= 11 is 3.45. The van der Waals surface area contributed by atoms with Crippen molar-refractivity contribution >= 4 is 15.9 Å². The van der Waals surface area contributed by atoms with Crippen molar-refractivity contribution in [3.05, 3.63) is 16.6 Å². The number of ether oxygens (including phenoxy) is 3. The number of nitrogens with one attached hydrogen (secondary N) is 1. The van der Waals surface area contributed by atoms with Gasteiger partial charge >= 0.3 is 0 Å². The molecule has 1 heterocycles. The Bertz CT molecular complexity index is 380. The van der Waals surface area contributed by atoms with Gasteiger partial charge in [-0.15, -0.1) is 0 Å². The number of benzene rings is 1. The van der Waals surface area contributed by atoms with E-state index in [4.69, 9.17) is 14.2 Å². The van der Waals surface area contributed by atoms with Crippen LogP contribution >= 0.6 is 15.9 Å². The van der Waals surface area contributed by atoms with Gasteiger partial charge in [-0.05, 0) is 41.9 Å². The summed E-state index contributed by atoms with van der Waals surface area (Å²) in [5.41, 5.74) is 0. The zero-order valence-corrected chi connectivity index (χ0v) is 12.2. The summed E-state index contributed by atoms with van der Waals surface area (Å²) < 4.78 is 17.4. The Kier molecular flexibility index (Phi) is 4.72. The molecule has 1 aromatic rings. The highest BCUT2D eigenvalue weighted by Gasteiger charge is 2.17. The normalized spacial score (nSPS) is 16.4. The summed E-state index contributed by atoms with van der Waals surface area (Å²) in [5, 5.41) is 3.32. The number of hydrogen-bond acceptors (Lipinski definition) is 4. The fourth-order valence-electron chi connectivity index (χ4n) is 2.02. The van der Waals surface area contributed by atoms with Crippen LogP contribution in [0.2, 0.25) is 0 Å². The molecule has 2 rings (SSSR count). The highest BCUT2D eigenvalue weighted by molar-refractivity contribution is 9.10. The van der Waals surface area contributed by atoms with Crippen LogP contribution in [0.5, 0.6) is 17.2 Å². The number of rotatable bonds is 4. The van der Waals surface area contributed by atoms with Gasteiger partial charge < -0.3 is 19.5 Å². The lowest BCUT2D eigenvalue weighted by atomic mass is 10.1. The smallest absolute Gasteiger partial charge is 0.140 e. The molecule has 1 saturated heterocycles. The summed E-state index contributed by atoms with van der Waals surface area (Å²) in [5.74, 6) is 2.23. The van der Waals surface area contributed by atoms with Crippen LogP contribution in [-0.4, -0.2) is 33.4 Å². The van der Waals surface area contributed by atoms with Gasteiger partial charge in [-0.25, -0.2) is 0 Å². The van der Waals surface area contributed by atoms with Crippen LogP contribution in [0, 0.1) is 0 Å². The molecule has 0 aromatic heterocycles. The van der Waals surface area contributed by atoms with Gasteiger partial charge in [-0.1, -0.05) is 0 Å². The molecule has 18 heavy (non-hydrogen) atoms. The second-order valence-corrected chi connectivity index (χ2v) is 5.00. The molecule has 1 aliphatic rings. The largest absolute Gasteiger partial charge is 0.495 e. The first-order valence-corrected chi connectivity index (χ1v) is 6.82. The van der Waals surface area contributed by atoms with Crippen molar-refractivity contribution in [1.82, 2.24) is 5.32 Å². The Balaban J connectivity index is 2.16. The second-order valence-electron chi connectivity index (χ2n) is 4.21. The van der Waals surface area contributed by atoms with Crippen LogP contribution in [0.4, 0.5) is 0 Å². The minimum Gasteiger partial charge on any atom is -0.495 e. The quantitative estimate of drug-likeness (QED) is 0.927. The minimum atomic E-state index is 0.266. The molecule has 0 saturated carbocycles. The number of hydrogen-bond donors (Lipinski definition) is 1. The monoisotopic (exact) mass is 315 g/mol. The number of piperidine rings is 1. The van der Waals surface area contributed by atoms with Gasteiger partial charge in [0.15, 0.2) is 0 Å². The maximum Gasteiger partial charge on any atom is 0.140 e. The number of halogens is 1. The molecule has 0 amide bonds. The van der Waals surface area contributed by atoms with E-state index in [2.05, 4.69) is 21.2 Å². The molecule has 0 aliphatic carbocycles. The molecule has 0 radical (unpaired) electrons. The molecule has 0 bridgehead atoms. The fraction of sp³-hybridized carbons (Fsp3) is 0.538. The molecule has 5 heteroatoms. The third-order valence-electron chi connectivity index (χ3n) is 3.01. The van der Waals surface area contributed by atoms with Crippen LogP contribution in [0.15, 0.2) is 16.6 Å². The van der Waals surface area contributed by atoms with Crippen LogP contribution in [-0.2, 0) is 0 Å². The van der Waals surface area contributed by atoms with Gasteiger partial charge in [0, 0.05) is 12.1 Å². The van der Waals surface area contributed by atoms with Crippen molar-refractivity contribution in [3.8, 4) is 17.2 Å². The summed E-state index contributed by atoms with van der Waals surface area (Å²) in [4.78, 5) is 0. The van der Waals surface area contributed by atoms with Crippen molar-refractivity contribution in [2.24, 2.45) is 0 Å². The Labute approximate surface area is 116 Å². The fourth-order valence-corrected chi connectivity index (χ4v) is 2.57. The lowest BCUT2D eigenvalue weighted by Crippen LogP contribution is -2.34. The lowest BCUT2D eigenvalue weighted by molar-refractivity contribution is 0.161.